The zero-order valence-corrected chi connectivity index (χ0v) is 14.4. The fourth-order valence-electron chi connectivity index (χ4n) is 3.33. The summed E-state index contributed by atoms with van der Waals surface area (Å²) < 4.78 is 18.7. The van der Waals surface area contributed by atoms with Gasteiger partial charge in [-0.05, 0) is 36.8 Å². The van der Waals surface area contributed by atoms with Gasteiger partial charge in [-0.15, -0.1) is 0 Å². The van der Waals surface area contributed by atoms with Crippen LogP contribution in [0.3, 0.4) is 0 Å². The number of carbonyl (C=O) groups is 2. The summed E-state index contributed by atoms with van der Waals surface area (Å²) in [5.74, 6) is -0.838. The molecule has 0 bridgehead atoms. The Labute approximate surface area is 149 Å². The number of rotatable bonds is 3. The molecular formula is C19H16FNO3S. The van der Waals surface area contributed by atoms with Crippen LogP contribution in [0.4, 0.5) is 10.1 Å². The number of carbonyl (C=O) groups excluding carboxylic acids is 2. The molecule has 0 saturated carbocycles. The van der Waals surface area contributed by atoms with Crippen LogP contribution in [0.25, 0.3) is 0 Å². The number of halogens is 1. The van der Waals surface area contributed by atoms with E-state index < -0.39 is 16.9 Å². The molecule has 2 aliphatic rings. The number of amides is 1. The Balaban J connectivity index is 1.61. The van der Waals surface area contributed by atoms with Crippen molar-refractivity contribution in [3.63, 3.8) is 0 Å². The van der Waals surface area contributed by atoms with Crippen LogP contribution in [-0.4, -0.2) is 16.7 Å². The highest BCUT2D eigenvalue weighted by Gasteiger charge is 2.58. The molecule has 2 atom stereocenters. The Morgan fingerprint density at radius 1 is 1.24 bits per heavy atom. The average Bonchev–Trinajstić information content (AvgIpc) is 3.11. The van der Waals surface area contributed by atoms with Gasteiger partial charge in [0.25, 0.3) is 0 Å². The molecule has 1 fully saturated rings. The maximum atomic E-state index is 13.1. The molecule has 0 spiro atoms. The third-order valence-electron chi connectivity index (χ3n) is 4.62. The number of hydrogen-bond donors (Lipinski definition) is 0. The molecule has 1 saturated heterocycles. The summed E-state index contributed by atoms with van der Waals surface area (Å²) in [6.07, 6.45) is 0.214. The first-order valence-corrected chi connectivity index (χ1v) is 8.90. The van der Waals surface area contributed by atoms with Gasteiger partial charge in [0.2, 0.25) is 5.91 Å². The fourth-order valence-corrected chi connectivity index (χ4v) is 4.73. The normalized spacial score (nSPS) is 22.5. The van der Waals surface area contributed by atoms with Crippen molar-refractivity contribution >= 4 is 29.3 Å². The van der Waals surface area contributed by atoms with Crippen LogP contribution >= 0.6 is 11.8 Å². The van der Waals surface area contributed by atoms with Crippen LogP contribution < -0.4 is 4.90 Å². The molecular weight excluding hydrogens is 341 g/mol. The van der Waals surface area contributed by atoms with E-state index in [0.29, 0.717) is 18.4 Å². The van der Waals surface area contributed by atoms with E-state index in [2.05, 4.69) is 0 Å². The van der Waals surface area contributed by atoms with E-state index in [1.807, 2.05) is 24.3 Å². The molecule has 0 unspecified atom stereocenters. The molecule has 0 aromatic heterocycles. The monoisotopic (exact) mass is 357 g/mol. The summed E-state index contributed by atoms with van der Waals surface area (Å²) in [5.41, 5.74) is 1.48. The highest BCUT2D eigenvalue weighted by molar-refractivity contribution is 8.02. The largest absolute Gasteiger partial charge is 0.455 e. The summed E-state index contributed by atoms with van der Waals surface area (Å²) in [6, 6.07) is 13.4. The maximum Gasteiger partial charge on any atom is 0.344 e. The Hall–Kier alpha value is -2.34. The van der Waals surface area contributed by atoms with Crippen LogP contribution in [0.5, 0.6) is 0 Å². The number of thioether (sulfide) groups is 1. The predicted octanol–water partition coefficient (Wildman–Crippen LogP) is 4.06. The van der Waals surface area contributed by atoms with Crippen molar-refractivity contribution < 1.29 is 18.7 Å². The highest BCUT2D eigenvalue weighted by Crippen LogP contribution is 2.56. The Kier molecular flexibility index (Phi) is 3.80. The fraction of sp³-hybridized carbons (Fsp3) is 0.263. The summed E-state index contributed by atoms with van der Waals surface area (Å²) >= 11 is 1.38. The van der Waals surface area contributed by atoms with Crippen LogP contribution in [-0.2, 0) is 14.3 Å². The van der Waals surface area contributed by atoms with E-state index in [0.717, 1.165) is 10.6 Å². The van der Waals surface area contributed by atoms with Gasteiger partial charge in [0.15, 0.2) is 4.87 Å². The second-order valence-electron chi connectivity index (χ2n) is 6.18. The molecule has 4 rings (SSSR count). The van der Waals surface area contributed by atoms with Gasteiger partial charge in [-0.25, -0.2) is 9.18 Å². The number of fused-ring (bicyclic) bond motifs is 3. The molecule has 128 valence electrons. The Bertz CT molecular complexity index is 854. The van der Waals surface area contributed by atoms with Gasteiger partial charge in [0, 0.05) is 17.7 Å². The molecule has 4 nitrogen and oxygen atoms in total. The van der Waals surface area contributed by atoms with Crippen molar-refractivity contribution in [3.8, 4) is 0 Å². The van der Waals surface area contributed by atoms with Crippen LogP contribution in [0.2, 0.25) is 0 Å². The number of nitrogens with zero attached hydrogens (tertiary/aromatic N) is 1. The molecule has 0 radical (unpaired) electrons. The van der Waals surface area contributed by atoms with E-state index in [-0.39, 0.29) is 11.7 Å². The van der Waals surface area contributed by atoms with Crippen LogP contribution in [0, 0.1) is 5.82 Å². The van der Waals surface area contributed by atoms with Crippen molar-refractivity contribution in [1.82, 2.24) is 0 Å². The van der Waals surface area contributed by atoms with Gasteiger partial charge >= 0.3 is 5.97 Å². The molecule has 0 N–H and O–H groups in total. The van der Waals surface area contributed by atoms with Crippen molar-refractivity contribution in [2.45, 2.75) is 35.6 Å². The molecule has 0 aliphatic carbocycles. The molecule has 1 amide bonds. The minimum Gasteiger partial charge on any atom is -0.455 e. The first-order chi connectivity index (χ1) is 12.0. The van der Waals surface area contributed by atoms with Crippen molar-refractivity contribution in [1.29, 1.82) is 0 Å². The predicted molar refractivity (Wildman–Crippen MR) is 92.7 cm³/mol. The number of hydrogen-bond acceptors (Lipinski definition) is 4. The Morgan fingerprint density at radius 2 is 1.96 bits per heavy atom. The molecule has 25 heavy (non-hydrogen) atoms. The minimum atomic E-state index is -1.03. The SMILES string of the molecule is C[C@H](OC(=O)[C@@]12CCC(=O)N1c1ccccc1S2)c1ccc(F)cc1. The van der Waals surface area contributed by atoms with Gasteiger partial charge in [-0.3, -0.25) is 9.69 Å². The van der Waals surface area contributed by atoms with Gasteiger partial charge in [-0.1, -0.05) is 36.0 Å². The molecule has 2 aliphatic heterocycles. The van der Waals surface area contributed by atoms with Crippen molar-refractivity contribution in [3.05, 3.63) is 59.9 Å². The van der Waals surface area contributed by atoms with E-state index in [4.69, 9.17) is 4.74 Å². The molecule has 6 heteroatoms. The molecule has 2 aromatic rings. The van der Waals surface area contributed by atoms with E-state index in [9.17, 15) is 14.0 Å². The first kappa shape index (κ1) is 16.1. The number of ether oxygens (including phenoxy) is 1. The van der Waals surface area contributed by atoms with Crippen molar-refractivity contribution in [2.75, 3.05) is 4.90 Å². The standard InChI is InChI=1S/C19H16FNO3S/c1-12(13-6-8-14(20)9-7-13)24-18(23)19-11-10-17(22)21(19)15-4-2-3-5-16(15)25-19/h2-9,12H,10-11H2,1H3/t12-,19-/m0/s1. The lowest BCUT2D eigenvalue weighted by Gasteiger charge is -2.30. The van der Waals surface area contributed by atoms with Gasteiger partial charge in [0.05, 0.1) is 5.69 Å². The number of benzene rings is 2. The summed E-state index contributed by atoms with van der Waals surface area (Å²) in [7, 11) is 0. The minimum absolute atomic E-state index is 0.0659. The van der Waals surface area contributed by atoms with Crippen molar-refractivity contribution in [2.24, 2.45) is 0 Å². The zero-order chi connectivity index (χ0) is 17.6. The number of esters is 1. The van der Waals surface area contributed by atoms with E-state index in [1.54, 1.807) is 24.0 Å². The lowest BCUT2D eigenvalue weighted by Crippen LogP contribution is -2.48. The highest BCUT2D eigenvalue weighted by atomic mass is 32.2. The van der Waals surface area contributed by atoms with Crippen LogP contribution in [0.1, 0.15) is 31.4 Å². The number of anilines is 1. The smallest absolute Gasteiger partial charge is 0.344 e. The zero-order valence-electron chi connectivity index (χ0n) is 13.6. The average molecular weight is 357 g/mol. The lowest BCUT2D eigenvalue weighted by atomic mass is 10.1. The topological polar surface area (TPSA) is 46.6 Å². The van der Waals surface area contributed by atoms with E-state index >= 15 is 0 Å². The first-order valence-electron chi connectivity index (χ1n) is 8.09. The third-order valence-corrected chi connectivity index (χ3v) is 6.07. The summed E-state index contributed by atoms with van der Waals surface area (Å²) in [5, 5.41) is 0. The maximum absolute atomic E-state index is 13.1. The quantitative estimate of drug-likeness (QED) is 0.777. The number of para-hydroxylation sites is 1. The van der Waals surface area contributed by atoms with E-state index in [1.165, 1.54) is 23.9 Å². The summed E-state index contributed by atoms with van der Waals surface area (Å²) in [4.78, 5) is 26.8. The van der Waals surface area contributed by atoms with Crippen LogP contribution in [0.15, 0.2) is 53.4 Å². The molecule has 2 heterocycles. The lowest BCUT2D eigenvalue weighted by molar-refractivity contribution is -0.151. The molecule has 2 aromatic carbocycles. The van der Waals surface area contributed by atoms with Gasteiger partial charge < -0.3 is 4.74 Å². The Morgan fingerprint density at radius 3 is 2.72 bits per heavy atom. The third kappa shape index (κ3) is 2.52. The van der Waals surface area contributed by atoms with Gasteiger partial charge in [-0.2, -0.15) is 0 Å². The second-order valence-corrected chi connectivity index (χ2v) is 7.50. The summed E-state index contributed by atoms with van der Waals surface area (Å²) in [6.45, 7) is 1.75. The van der Waals surface area contributed by atoms with Gasteiger partial charge in [0.1, 0.15) is 11.9 Å². The second kappa shape index (κ2) is 5.88.